The molecule has 84 valence electrons. The van der Waals surface area contributed by atoms with Gasteiger partial charge in [0.1, 0.15) is 5.76 Å². The number of nitrogens with zero attached hydrogens (tertiary/aromatic N) is 4. The van der Waals surface area contributed by atoms with Gasteiger partial charge in [-0.2, -0.15) is 5.10 Å². The third-order valence-electron chi connectivity index (χ3n) is 2.90. The van der Waals surface area contributed by atoms with Gasteiger partial charge < -0.3 is 4.52 Å². The zero-order valence-corrected chi connectivity index (χ0v) is 9.21. The lowest BCUT2D eigenvalue weighted by atomic mass is 10.1. The summed E-state index contributed by atoms with van der Waals surface area (Å²) in [6, 6.07) is 4.47. The molecule has 5 heteroatoms. The van der Waals surface area contributed by atoms with E-state index < -0.39 is 0 Å². The van der Waals surface area contributed by atoms with Crippen molar-refractivity contribution >= 4 is 0 Å². The van der Waals surface area contributed by atoms with Crippen LogP contribution in [-0.2, 0) is 6.54 Å². The highest BCUT2D eigenvalue weighted by Gasteiger charge is 2.28. The van der Waals surface area contributed by atoms with Crippen LogP contribution in [0.15, 0.2) is 29.0 Å². The maximum absolute atomic E-state index is 5.04. The van der Waals surface area contributed by atoms with Crippen LogP contribution in [0.4, 0.5) is 0 Å². The average molecular weight is 218 g/mol. The Bertz CT molecular complexity index is 456. The molecule has 0 radical (unpaired) electrons. The molecule has 0 spiro atoms. The van der Waals surface area contributed by atoms with E-state index in [0.717, 1.165) is 31.1 Å². The van der Waals surface area contributed by atoms with Gasteiger partial charge in [-0.25, -0.2) is 0 Å². The van der Waals surface area contributed by atoms with Gasteiger partial charge in [-0.1, -0.05) is 5.16 Å². The van der Waals surface area contributed by atoms with Crippen molar-refractivity contribution in [3.05, 3.63) is 36.0 Å². The van der Waals surface area contributed by atoms with E-state index in [1.54, 1.807) is 0 Å². The van der Waals surface area contributed by atoms with Gasteiger partial charge in [-0.3, -0.25) is 9.58 Å². The molecule has 1 aliphatic heterocycles. The highest BCUT2D eigenvalue weighted by Crippen LogP contribution is 2.21. The number of hydrogen-bond acceptors (Lipinski definition) is 4. The normalized spacial score (nSPS) is 17.6. The zero-order valence-electron chi connectivity index (χ0n) is 9.21. The van der Waals surface area contributed by atoms with E-state index in [4.69, 9.17) is 4.52 Å². The van der Waals surface area contributed by atoms with E-state index >= 15 is 0 Å². The van der Waals surface area contributed by atoms with Crippen molar-refractivity contribution in [1.29, 1.82) is 0 Å². The summed E-state index contributed by atoms with van der Waals surface area (Å²) in [7, 11) is 0. The molecule has 3 rings (SSSR count). The fourth-order valence-corrected chi connectivity index (χ4v) is 2.06. The van der Waals surface area contributed by atoms with Gasteiger partial charge in [0.05, 0.1) is 11.7 Å². The van der Waals surface area contributed by atoms with Gasteiger partial charge >= 0.3 is 0 Å². The molecule has 0 bridgehead atoms. The maximum Gasteiger partial charge on any atom is 0.133 e. The van der Waals surface area contributed by atoms with Crippen molar-refractivity contribution in [2.45, 2.75) is 19.5 Å². The lowest BCUT2D eigenvalue weighted by molar-refractivity contribution is 0.0883. The van der Waals surface area contributed by atoms with Gasteiger partial charge in [-0.05, 0) is 13.0 Å². The minimum atomic E-state index is 0.517. The molecule has 0 aliphatic carbocycles. The van der Waals surface area contributed by atoms with E-state index in [9.17, 15) is 0 Å². The highest BCUT2D eigenvalue weighted by molar-refractivity contribution is 5.04. The van der Waals surface area contributed by atoms with Crippen LogP contribution in [0.1, 0.15) is 17.5 Å². The largest absolute Gasteiger partial charge is 0.361 e. The molecule has 0 unspecified atom stereocenters. The summed E-state index contributed by atoms with van der Waals surface area (Å²) in [5, 5.41) is 8.23. The van der Waals surface area contributed by atoms with Crippen LogP contribution >= 0.6 is 0 Å². The summed E-state index contributed by atoms with van der Waals surface area (Å²) in [4.78, 5) is 2.34. The summed E-state index contributed by atoms with van der Waals surface area (Å²) >= 11 is 0. The molecular weight excluding hydrogens is 204 g/mol. The van der Waals surface area contributed by atoms with Crippen LogP contribution in [-0.4, -0.2) is 32.9 Å². The average Bonchev–Trinajstić information content (AvgIpc) is 2.82. The molecule has 3 heterocycles. The lowest BCUT2D eigenvalue weighted by Gasteiger charge is -2.38. The smallest absolute Gasteiger partial charge is 0.133 e. The first-order valence-electron chi connectivity index (χ1n) is 5.45. The number of likely N-dealkylation sites (tertiary alicyclic amines) is 1. The van der Waals surface area contributed by atoms with E-state index in [-0.39, 0.29) is 0 Å². The Hall–Kier alpha value is -1.62. The Kier molecular flexibility index (Phi) is 2.25. The first kappa shape index (κ1) is 9.59. The minimum absolute atomic E-state index is 0.517. The fraction of sp³-hybridized carbons (Fsp3) is 0.455. The second-order valence-corrected chi connectivity index (χ2v) is 4.26. The molecule has 0 aromatic carbocycles. The topological polar surface area (TPSA) is 47.1 Å². The molecule has 2 aromatic heterocycles. The Morgan fingerprint density at radius 2 is 2.38 bits per heavy atom. The second kappa shape index (κ2) is 3.75. The van der Waals surface area contributed by atoms with Crippen molar-refractivity contribution in [3.8, 4) is 0 Å². The first-order chi connectivity index (χ1) is 7.81. The van der Waals surface area contributed by atoms with Gasteiger partial charge in [0, 0.05) is 38.1 Å². The molecule has 16 heavy (non-hydrogen) atoms. The summed E-state index contributed by atoms with van der Waals surface area (Å²) in [5.41, 5.74) is 1.01. The van der Waals surface area contributed by atoms with E-state index in [1.807, 2.05) is 36.1 Å². The van der Waals surface area contributed by atoms with Gasteiger partial charge in [-0.15, -0.1) is 0 Å². The lowest BCUT2D eigenvalue weighted by Crippen LogP contribution is -2.47. The molecule has 0 amide bonds. The fourth-order valence-electron chi connectivity index (χ4n) is 2.06. The number of rotatable bonds is 3. The van der Waals surface area contributed by atoms with Gasteiger partial charge in [0.2, 0.25) is 0 Å². The number of aryl methyl sites for hydroxylation is 1. The van der Waals surface area contributed by atoms with Crippen molar-refractivity contribution in [2.75, 3.05) is 13.1 Å². The quantitative estimate of drug-likeness (QED) is 0.777. The summed E-state index contributed by atoms with van der Waals surface area (Å²) in [5.74, 6) is 0.874. The molecule has 0 saturated carbocycles. The number of hydrogen-bond donors (Lipinski definition) is 0. The van der Waals surface area contributed by atoms with E-state index in [1.165, 1.54) is 0 Å². The molecule has 5 nitrogen and oxygen atoms in total. The molecule has 1 aliphatic rings. The van der Waals surface area contributed by atoms with Crippen molar-refractivity contribution < 1.29 is 4.52 Å². The Balaban J connectivity index is 1.54. The van der Waals surface area contributed by atoms with Crippen molar-refractivity contribution in [3.63, 3.8) is 0 Å². The third kappa shape index (κ3) is 1.74. The molecule has 0 N–H and O–H groups in total. The number of aromatic nitrogens is 3. The van der Waals surface area contributed by atoms with Crippen LogP contribution in [0.3, 0.4) is 0 Å². The van der Waals surface area contributed by atoms with Crippen LogP contribution in [0.5, 0.6) is 0 Å². The highest BCUT2D eigenvalue weighted by atomic mass is 16.5. The Morgan fingerprint density at radius 3 is 3.00 bits per heavy atom. The molecule has 2 aromatic rings. The zero-order chi connectivity index (χ0) is 11.0. The summed E-state index contributed by atoms with van der Waals surface area (Å²) < 4.78 is 7.06. The summed E-state index contributed by atoms with van der Waals surface area (Å²) in [6.07, 6.45) is 3.84. The van der Waals surface area contributed by atoms with E-state index in [0.29, 0.717) is 6.04 Å². The van der Waals surface area contributed by atoms with Crippen LogP contribution in [0, 0.1) is 6.92 Å². The molecule has 0 atom stereocenters. The molecular formula is C11H14N4O. The van der Waals surface area contributed by atoms with Gasteiger partial charge in [0.15, 0.2) is 0 Å². The standard InChI is InChI=1S/C11H14N4O/c1-9-5-10(13-16-9)6-14-7-11(8-14)15-4-2-3-12-15/h2-5,11H,6-8H2,1H3. The third-order valence-corrected chi connectivity index (χ3v) is 2.90. The Labute approximate surface area is 93.6 Å². The van der Waals surface area contributed by atoms with Crippen LogP contribution < -0.4 is 0 Å². The van der Waals surface area contributed by atoms with Crippen molar-refractivity contribution in [1.82, 2.24) is 19.8 Å². The predicted molar refractivity (Wildman–Crippen MR) is 57.8 cm³/mol. The maximum atomic E-state index is 5.04. The first-order valence-corrected chi connectivity index (χ1v) is 5.45. The second-order valence-electron chi connectivity index (χ2n) is 4.26. The van der Waals surface area contributed by atoms with Crippen LogP contribution in [0.2, 0.25) is 0 Å². The monoisotopic (exact) mass is 218 g/mol. The van der Waals surface area contributed by atoms with Gasteiger partial charge in [0.25, 0.3) is 0 Å². The van der Waals surface area contributed by atoms with Crippen LogP contribution in [0.25, 0.3) is 0 Å². The van der Waals surface area contributed by atoms with Crippen molar-refractivity contribution in [2.24, 2.45) is 0 Å². The SMILES string of the molecule is Cc1cc(CN2CC(n3cccn3)C2)no1. The molecule has 1 fully saturated rings. The minimum Gasteiger partial charge on any atom is -0.361 e. The predicted octanol–water partition coefficient (Wildman–Crippen LogP) is 1.24. The van der Waals surface area contributed by atoms with E-state index in [2.05, 4.69) is 15.2 Å². The summed E-state index contributed by atoms with van der Waals surface area (Å²) in [6.45, 7) is 4.86. The molecule has 1 saturated heterocycles. The Morgan fingerprint density at radius 1 is 1.50 bits per heavy atom.